The minimum absolute atomic E-state index is 0.00271. The lowest BCUT2D eigenvalue weighted by atomic mass is 10.0. The standard InChI is InChI=1S/C35H37Cl2N3O5S/c1-3-21-38-35(42)32(22-26-13-7-5-8-14-26)39(24-27-19-20-28(36)23-30(27)37)34(41)25-40(31-17-11-12-18-33(31)45-4-2)46(43,44)29-15-9-6-10-16-29/h5-20,23,32H,3-4,21-22,24-25H2,1-2H3,(H,38,42)/t32-/m0/s1. The van der Waals surface area contributed by atoms with Gasteiger partial charge in [-0.05, 0) is 60.9 Å². The molecule has 0 aliphatic rings. The summed E-state index contributed by atoms with van der Waals surface area (Å²) in [6.07, 6.45) is 0.881. The van der Waals surface area contributed by atoms with Gasteiger partial charge < -0.3 is 15.0 Å². The zero-order valence-electron chi connectivity index (χ0n) is 25.7. The van der Waals surface area contributed by atoms with E-state index in [2.05, 4.69) is 5.32 Å². The Morgan fingerprint density at radius 1 is 0.870 bits per heavy atom. The zero-order valence-corrected chi connectivity index (χ0v) is 28.1. The first-order valence-electron chi connectivity index (χ1n) is 15.0. The van der Waals surface area contributed by atoms with Gasteiger partial charge in [-0.3, -0.25) is 13.9 Å². The molecule has 1 atom stereocenters. The molecule has 46 heavy (non-hydrogen) atoms. The Morgan fingerprint density at radius 3 is 2.17 bits per heavy atom. The molecular formula is C35H37Cl2N3O5S. The highest BCUT2D eigenvalue weighted by Crippen LogP contribution is 2.33. The Hall–Kier alpha value is -4.05. The number of carbonyl (C=O) groups excluding carboxylic acids is 2. The van der Waals surface area contributed by atoms with E-state index >= 15 is 0 Å². The van der Waals surface area contributed by atoms with E-state index in [1.54, 1.807) is 67.6 Å². The minimum atomic E-state index is -4.27. The van der Waals surface area contributed by atoms with E-state index in [-0.39, 0.29) is 36.1 Å². The highest BCUT2D eigenvalue weighted by atomic mass is 35.5. The lowest BCUT2D eigenvalue weighted by molar-refractivity contribution is -0.140. The molecule has 0 unspecified atom stereocenters. The lowest BCUT2D eigenvalue weighted by Gasteiger charge is -2.34. The molecule has 1 N–H and O–H groups in total. The van der Waals surface area contributed by atoms with Gasteiger partial charge in [0.05, 0.1) is 17.2 Å². The number of sulfonamides is 1. The first-order chi connectivity index (χ1) is 22.1. The van der Waals surface area contributed by atoms with Crippen molar-refractivity contribution in [2.75, 3.05) is 24.0 Å². The number of hydrogen-bond donors (Lipinski definition) is 1. The molecular weight excluding hydrogens is 645 g/mol. The quantitative estimate of drug-likeness (QED) is 0.150. The molecule has 242 valence electrons. The number of rotatable bonds is 15. The van der Waals surface area contributed by atoms with E-state index in [9.17, 15) is 18.0 Å². The van der Waals surface area contributed by atoms with Crippen molar-refractivity contribution in [3.63, 3.8) is 0 Å². The largest absolute Gasteiger partial charge is 0.492 e. The number of nitrogens with zero attached hydrogens (tertiary/aromatic N) is 2. The van der Waals surface area contributed by atoms with Gasteiger partial charge in [0.25, 0.3) is 10.0 Å². The van der Waals surface area contributed by atoms with Crippen molar-refractivity contribution in [3.05, 3.63) is 124 Å². The first kappa shape index (κ1) is 34.8. The molecule has 4 aromatic carbocycles. The van der Waals surface area contributed by atoms with Crippen LogP contribution < -0.4 is 14.4 Å². The summed E-state index contributed by atoms with van der Waals surface area (Å²) in [5, 5.41) is 3.66. The van der Waals surface area contributed by atoms with Crippen molar-refractivity contribution in [2.45, 2.75) is 44.2 Å². The van der Waals surface area contributed by atoms with Crippen LogP contribution >= 0.6 is 23.2 Å². The highest BCUT2D eigenvalue weighted by molar-refractivity contribution is 7.92. The summed E-state index contributed by atoms with van der Waals surface area (Å²) in [6, 6.07) is 27.8. The lowest BCUT2D eigenvalue weighted by Crippen LogP contribution is -2.53. The molecule has 0 bridgehead atoms. The van der Waals surface area contributed by atoms with Gasteiger partial charge in [0.15, 0.2) is 0 Å². The van der Waals surface area contributed by atoms with Gasteiger partial charge in [-0.15, -0.1) is 0 Å². The van der Waals surface area contributed by atoms with Crippen LogP contribution in [0.25, 0.3) is 0 Å². The number of hydrogen-bond acceptors (Lipinski definition) is 5. The average molecular weight is 683 g/mol. The van der Waals surface area contributed by atoms with Gasteiger partial charge in [0.1, 0.15) is 18.3 Å². The van der Waals surface area contributed by atoms with Crippen molar-refractivity contribution < 1.29 is 22.7 Å². The molecule has 11 heteroatoms. The van der Waals surface area contributed by atoms with E-state index in [0.717, 1.165) is 9.87 Å². The molecule has 0 aliphatic carbocycles. The third kappa shape index (κ3) is 8.81. The molecule has 2 amide bonds. The number of ether oxygens (including phenoxy) is 1. The number of para-hydroxylation sites is 2. The topological polar surface area (TPSA) is 96.0 Å². The number of amides is 2. The van der Waals surface area contributed by atoms with Crippen molar-refractivity contribution in [1.29, 1.82) is 0 Å². The Bertz CT molecular complexity index is 1720. The van der Waals surface area contributed by atoms with Crippen LogP contribution in [-0.2, 0) is 32.6 Å². The second kappa shape index (κ2) is 16.5. The fraction of sp³-hybridized carbons (Fsp3) is 0.257. The molecule has 0 aliphatic heterocycles. The summed E-state index contributed by atoms with van der Waals surface area (Å²) >= 11 is 12.7. The smallest absolute Gasteiger partial charge is 0.264 e. The molecule has 0 saturated heterocycles. The summed E-state index contributed by atoms with van der Waals surface area (Å²) in [5.41, 5.74) is 1.57. The number of halogens is 2. The fourth-order valence-corrected chi connectivity index (χ4v) is 6.84. The molecule has 4 aromatic rings. The molecule has 0 heterocycles. The predicted molar refractivity (Wildman–Crippen MR) is 183 cm³/mol. The second-order valence-electron chi connectivity index (χ2n) is 10.5. The molecule has 0 aromatic heterocycles. The average Bonchev–Trinajstić information content (AvgIpc) is 3.06. The maximum Gasteiger partial charge on any atom is 0.264 e. The van der Waals surface area contributed by atoms with Crippen LogP contribution in [0.5, 0.6) is 5.75 Å². The molecule has 4 rings (SSSR count). The second-order valence-corrected chi connectivity index (χ2v) is 13.2. The predicted octanol–water partition coefficient (Wildman–Crippen LogP) is 6.75. The van der Waals surface area contributed by atoms with Crippen molar-refractivity contribution >= 4 is 50.7 Å². The van der Waals surface area contributed by atoms with Crippen LogP contribution in [0.15, 0.2) is 108 Å². The van der Waals surface area contributed by atoms with E-state index in [1.165, 1.54) is 17.0 Å². The van der Waals surface area contributed by atoms with Crippen molar-refractivity contribution in [1.82, 2.24) is 10.2 Å². The van der Waals surface area contributed by atoms with Gasteiger partial charge in [-0.25, -0.2) is 8.42 Å². The normalized spacial score (nSPS) is 11.8. The highest BCUT2D eigenvalue weighted by Gasteiger charge is 2.35. The third-order valence-corrected chi connectivity index (χ3v) is 9.58. The summed E-state index contributed by atoms with van der Waals surface area (Å²) in [5.74, 6) is -0.674. The SMILES string of the molecule is CCCNC(=O)[C@H](Cc1ccccc1)N(Cc1ccc(Cl)cc1Cl)C(=O)CN(c1ccccc1OCC)S(=O)(=O)c1ccccc1. The third-order valence-electron chi connectivity index (χ3n) is 7.22. The molecule has 8 nitrogen and oxygen atoms in total. The van der Waals surface area contributed by atoms with Gasteiger partial charge in [-0.2, -0.15) is 0 Å². The van der Waals surface area contributed by atoms with Gasteiger partial charge >= 0.3 is 0 Å². The molecule has 0 saturated carbocycles. The summed E-state index contributed by atoms with van der Waals surface area (Å²) in [6.45, 7) is 3.73. The summed E-state index contributed by atoms with van der Waals surface area (Å²) in [4.78, 5) is 29.8. The van der Waals surface area contributed by atoms with Crippen LogP contribution in [0.1, 0.15) is 31.4 Å². The van der Waals surface area contributed by atoms with Crippen LogP contribution in [0.4, 0.5) is 5.69 Å². The first-order valence-corrected chi connectivity index (χ1v) is 17.2. The van der Waals surface area contributed by atoms with Gasteiger partial charge in [0, 0.05) is 29.6 Å². The molecule has 0 radical (unpaired) electrons. The Kier molecular flexibility index (Phi) is 12.5. The monoisotopic (exact) mass is 681 g/mol. The van der Waals surface area contributed by atoms with E-state index in [0.29, 0.717) is 34.3 Å². The Morgan fingerprint density at radius 2 is 1.52 bits per heavy atom. The van der Waals surface area contributed by atoms with Crippen LogP contribution in [0.3, 0.4) is 0 Å². The maximum absolute atomic E-state index is 14.6. The van der Waals surface area contributed by atoms with Crippen LogP contribution in [0, 0.1) is 0 Å². The summed E-state index contributed by atoms with van der Waals surface area (Å²) in [7, 11) is -4.27. The fourth-order valence-electron chi connectivity index (χ4n) is 4.93. The minimum Gasteiger partial charge on any atom is -0.492 e. The van der Waals surface area contributed by atoms with Crippen LogP contribution in [-0.4, -0.2) is 50.9 Å². The molecule has 0 fully saturated rings. The number of anilines is 1. The van der Waals surface area contributed by atoms with E-state index in [1.807, 2.05) is 37.3 Å². The zero-order chi connectivity index (χ0) is 33.1. The van der Waals surface area contributed by atoms with Crippen molar-refractivity contribution in [3.8, 4) is 5.75 Å². The Labute approximate surface area is 280 Å². The number of benzene rings is 4. The van der Waals surface area contributed by atoms with E-state index in [4.69, 9.17) is 27.9 Å². The van der Waals surface area contributed by atoms with Crippen LogP contribution in [0.2, 0.25) is 10.0 Å². The van der Waals surface area contributed by atoms with Gasteiger partial charge in [-0.1, -0.05) is 96.9 Å². The number of carbonyl (C=O) groups is 2. The summed E-state index contributed by atoms with van der Waals surface area (Å²) < 4.78 is 35.3. The van der Waals surface area contributed by atoms with Crippen molar-refractivity contribution in [2.24, 2.45) is 0 Å². The maximum atomic E-state index is 14.6. The molecule has 0 spiro atoms. The Balaban J connectivity index is 1.84. The van der Waals surface area contributed by atoms with E-state index < -0.39 is 28.5 Å². The van der Waals surface area contributed by atoms with Gasteiger partial charge in [0.2, 0.25) is 11.8 Å². The number of nitrogens with one attached hydrogen (secondary N) is 1.